The van der Waals surface area contributed by atoms with Crippen LogP contribution in [0.1, 0.15) is 18.5 Å². The standard InChI is InChI=1S/C13H14FN3/c14-10-2-1-3-11(8-10)17-7-4-12(16-17)13(9-15)5-6-13/h1-4,7-8H,5-6,9,15H2. The molecule has 0 bridgehead atoms. The molecule has 0 saturated heterocycles. The molecule has 88 valence electrons. The molecule has 1 saturated carbocycles. The van der Waals surface area contributed by atoms with Crippen LogP contribution < -0.4 is 5.73 Å². The van der Waals surface area contributed by atoms with Crippen LogP contribution in [0.4, 0.5) is 4.39 Å². The van der Waals surface area contributed by atoms with E-state index in [9.17, 15) is 4.39 Å². The average molecular weight is 231 g/mol. The number of nitrogens with zero attached hydrogens (tertiary/aromatic N) is 2. The second kappa shape index (κ2) is 3.67. The molecular formula is C13H14FN3. The van der Waals surface area contributed by atoms with Crippen LogP contribution in [0.3, 0.4) is 0 Å². The van der Waals surface area contributed by atoms with Gasteiger partial charge in [0, 0.05) is 18.2 Å². The first kappa shape index (κ1) is 10.5. The Labute approximate surface area is 99.1 Å². The molecule has 2 N–H and O–H groups in total. The van der Waals surface area contributed by atoms with Gasteiger partial charge in [-0.05, 0) is 37.1 Å². The predicted octanol–water partition coefficient (Wildman–Crippen LogP) is 2.00. The molecule has 0 spiro atoms. The Bertz CT molecular complexity index is 543. The Morgan fingerprint density at radius 3 is 2.82 bits per heavy atom. The fourth-order valence-corrected chi connectivity index (χ4v) is 2.08. The lowest BCUT2D eigenvalue weighted by molar-refractivity contribution is 0.623. The molecule has 3 nitrogen and oxygen atoms in total. The monoisotopic (exact) mass is 231 g/mol. The maximum Gasteiger partial charge on any atom is 0.125 e. The Balaban J connectivity index is 1.95. The number of hydrogen-bond donors (Lipinski definition) is 1. The summed E-state index contributed by atoms with van der Waals surface area (Å²) in [5.41, 5.74) is 7.60. The molecule has 1 heterocycles. The van der Waals surface area contributed by atoms with Crippen molar-refractivity contribution < 1.29 is 4.39 Å². The van der Waals surface area contributed by atoms with Crippen molar-refractivity contribution in [3.63, 3.8) is 0 Å². The summed E-state index contributed by atoms with van der Waals surface area (Å²) < 4.78 is 14.8. The summed E-state index contributed by atoms with van der Waals surface area (Å²) in [4.78, 5) is 0. The first-order chi connectivity index (χ1) is 8.23. The van der Waals surface area contributed by atoms with Crippen LogP contribution in [-0.4, -0.2) is 16.3 Å². The van der Waals surface area contributed by atoms with Crippen molar-refractivity contribution >= 4 is 0 Å². The van der Waals surface area contributed by atoms with E-state index in [1.807, 2.05) is 18.3 Å². The fourth-order valence-electron chi connectivity index (χ4n) is 2.08. The quantitative estimate of drug-likeness (QED) is 0.878. The summed E-state index contributed by atoms with van der Waals surface area (Å²) in [5, 5.41) is 4.50. The fraction of sp³-hybridized carbons (Fsp3) is 0.308. The highest BCUT2D eigenvalue weighted by atomic mass is 19.1. The van der Waals surface area contributed by atoms with Gasteiger partial charge in [-0.3, -0.25) is 0 Å². The van der Waals surface area contributed by atoms with Crippen LogP contribution >= 0.6 is 0 Å². The Hall–Kier alpha value is -1.68. The SMILES string of the molecule is NCC1(c2ccn(-c3cccc(F)c3)n2)CC1. The van der Waals surface area contributed by atoms with Gasteiger partial charge in [0.25, 0.3) is 0 Å². The molecule has 1 aromatic heterocycles. The van der Waals surface area contributed by atoms with E-state index in [4.69, 9.17) is 5.73 Å². The highest BCUT2D eigenvalue weighted by Crippen LogP contribution is 2.46. The summed E-state index contributed by atoms with van der Waals surface area (Å²) in [6.45, 7) is 0.632. The second-order valence-corrected chi connectivity index (χ2v) is 4.61. The van der Waals surface area contributed by atoms with Gasteiger partial charge in [-0.2, -0.15) is 5.10 Å². The second-order valence-electron chi connectivity index (χ2n) is 4.61. The maximum absolute atomic E-state index is 13.1. The number of rotatable bonds is 3. The van der Waals surface area contributed by atoms with Crippen LogP contribution in [0.5, 0.6) is 0 Å². The minimum absolute atomic E-state index is 0.0819. The van der Waals surface area contributed by atoms with Crippen LogP contribution in [-0.2, 0) is 5.41 Å². The van der Waals surface area contributed by atoms with E-state index in [1.165, 1.54) is 12.1 Å². The predicted molar refractivity (Wildman–Crippen MR) is 63.5 cm³/mol. The van der Waals surface area contributed by atoms with E-state index in [0.29, 0.717) is 6.54 Å². The third-order valence-electron chi connectivity index (χ3n) is 3.45. The summed E-state index contributed by atoms with van der Waals surface area (Å²) in [7, 11) is 0. The lowest BCUT2D eigenvalue weighted by Crippen LogP contribution is -2.20. The molecule has 0 aliphatic heterocycles. The number of nitrogens with two attached hydrogens (primary N) is 1. The first-order valence-corrected chi connectivity index (χ1v) is 5.76. The summed E-state index contributed by atoms with van der Waals surface area (Å²) in [6, 6.07) is 8.39. The topological polar surface area (TPSA) is 43.8 Å². The minimum Gasteiger partial charge on any atom is -0.330 e. The van der Waals surface area contributed by atoms with Crippen molar-refractivity contribution in [2.24, 2.45) is 5.73 Å². The Morgan fingerprint density at radius 1 is 1.35 bits per heavy atom. The van der Waals surface area contributed by atoms with Gasteiger partial charge in [0.1, 0.15) is 5.82 Å². The van der Waals surface area contributed by atoms with Gasteiger partial charge in [0.15, 0.2) is 0 Å². The summed E-state index contributed by atoms with van der Waals surface area (Å²) >= 11 is 0. The van der Waals surface area contributed by atoms with Crippen LogP contribution in [0.2, 0.25) is 0 Å². The highest BCUT2D eigenvalue weighted by Gasteiger charge is 2.44. The third kappa shape index (κ3) is 1.74. The zero-order chi connectivity index (χ0) is 11.9. The smallest absolute Gasteiger partial charge is 0.125 e. The largest absolute Gasteiger partial charge is 0.330 e. The lowest BCUT2D eigenvalue weighted by Gasteiger charge is -2.07. The average Bonchev–Trinajstić information content (AvgIpc) is 2.99. The number of benzene rings is 1. The third-order valence-corrected chi connectivity index (χ3v) is 3.45. The summed E-state index contributed by atoms with van der Waals surface area (Å²) in [5.74, 6) is -0.250. The molecular weight excluding hydrogens is 217 g/mol. The van der Waals surface area contributed by atoms with Gasteiger partial charge in [-0.15, -0.1) is 0 Å². The molecule has 17 heavy (non-hydrogen) atoms. The Morgan fingerprint density at radius 2 is 2.18 bits per heavy atom. The molecule has 3 rings (SSSR count). The number of hydrogen-bond acceptors (Lipinski definition) is 2. The lowest BCUT2D eigenvalue weighted by atomic mass is 10.0. The van der Waals surface area contributed by atoms with E-state index in [2.05, 4.69) is 5.10 Å². The first-order valence-electron chi connectivity index (χ1n) is 5.76. The van der Waals surface area contributed by atoms with Crippen molar-refractivity contribution in [3.8, 4) is 5.69 Å². The molecule has 4 heteroatoms. The van der Waals surface area contributed by atoms with Gasteiger partial charge >= 0.3 is 0 Å². The van der Waals surface area contributed by atoms with Gasteiger partial charge in [0.2, 0.25) is 0 Å². The van der Waals surface area contributed by atoms with Gasteiger partial charge in [-0.25, -0.2) is 9.07 Å². The van der Waals surface area contributed by atoms with E-state index >= 15 is 0 Å². The molecule has 1 aliphatic carbocycles. The molecule has 2 aromatic rings. The zero-order valence-corrected chi connectivity index (χ0v) is 9.44. The molecule has 0 atom stereocenters. The van der Waals surface area contributed by atoms with E-state index in [1.54, 1.807) is 10.7 Å². The van der Waals surface area contributed by atoms with E-state index in [-0.39, 0.29) is 11.2 Å². The van der Waals surface area contributed by atoms with Crippen LogP contribution in [0.15, 0.2) is 36.5 Å². The van der Waals surface area contributed by atoms with E-state index in [0.717, 1.165) is 24.2 Å². The maximum atomic E-state index is 13.1. The van der Waals surface area contributed by atoms with Crippen molar-refractivity contribution in [1.29, 1.82) is 0 Å². The molecule has 0 amide bonds. The van der Waals surface area contributed by atoms with Gasteiger partial charge in [0.05, 0.1) is 11.4 Å². The van der Waals surface area contributed by atoms with Crippen LogP contribution in [0, 0.1) is 5.82 Å². The normalized spacial score (nSPS) is 17.1. The van der Waals surface area contributed by atoms with Gasteiger partial charge in [-0.1, -0.05) is 6.07 Å². The molecule has 0 unspecified atom stereocenters. The minimum atomic E-state index is -0.250. The number of aromatic nitrogens is 2. The van der Waals surface area contributed by atoms with E-state index < -0.39 is 0 Å². The molecule has 1 aromatic carbocycles. The Kier molecular flexibility index (Phi) is 2.26. The van der Waals surface area contributed by atoms with Gasteiger partial charge < -0.3 is 5.73 Å². The highest BCUT2D eigenvalue weighted by molar-refractivity contribution is 5.33. The number of halogens is 1. The van der Waals surface area contributed by atoms with Crippen molar-refractivity contribution in [2.45, 2.75) is 18.3 Å². The van der Waals surface area contributed by atoms with Crippen LogP contribution in [0.25, 0.3) is 5.69 Å². The van der Waals surface area contributed by atoms with Crippen molar-refractivity contribution in [3.05, 3.63) is 48.0 Å². The molecule has 0 radical (unpaired) electrons. The van der Waals surface area contributed by atoms with Crippen molar-refractivity contribution in [2.75, 3.05) is 6.54 Å². The molecule has 1 aliphatic rings. The van der Waals surface area contributed by atoms with Crippen molar-refractivity contribution in [1.82, 2.24) is 9.78 Å². The molecule has 1 fully saturated rings. The summed E-state index contributed by atoms with van der Waals surface area (Å²) in [6.07, 6.45) is 4.06. The zero-order valence-electron chi connectivity index (χ0n) is 9.44.